The Balaban J connectivity index is 1.88. The van der Waals surface area contributed by atoms with Gasteiger partial charge < -0.3 is 24.1 Å². The van der Waals surface area contributed by atoms with Crippen molar-refractivity contribution in [3.8, 4) is 0 Å². The summed E-state index contributed by atoms with van der Waals surface area (Å²) in [4.78, 5) is 37.4. The van der Waals surface area contributed by atoms with Crippen molar-refractivity contribution in [2.24, 2.45) is 17.3 Å². The van der Waals surface area contributed by atoms with Gasteiger partial charge in [0.1, 0.15) is 24.2 Å². The van der Waals surface area contributed by atoms with E-state index in [4.69, 9.17) is 18.9 Å². The van der Waals surface area contributed by atoms with E-state index in [1.54, 1.807) is 30.3 Å². The van der Waals surface area contributed by atoms with Crippen LogP contribution in [0.5, 0.6) is 0 Å². The first-order valence-corrected chi connectivity index (χ1v) is 11.9. The Morgan fingerprint density at radius 2 is 1.74 bits per heavy atom. The predicted octanol–water partition coefficient (Wildman–Crippen LogP) is 3.05. The molecule has 2 saturated carbocycles. The lowest BCUT2D eigenvalue weighted by molar-refractivity contribution is -0.296. The first-order valence-electron chi connectivity index (χ1n) is 11.9. The van der Waals surface area contributed by atoms with Crippen LogP contribution < -0.4 is 0 Å². The average molecular weight is 475 g/mol. The molecule has 8 nitrogen and oxygen atoms in total. The number of aliphatic hydroxyl groups excluding tert-OH is 1. The van der Waals surface area contributed by atoms with E-state index >= 15 is 0 Å². The van der Waals surface area contributed by atoms with Gasteiger partial charge in [0.2, 0.25) is 0 Å². The molecule has 1 aromatic carbocycles. The highest BCUT2D eigenvalue weighted by atomic mass is 16.6. The zero-order chi connectivity index (χ0) is 24.9. The molecule has 186 valence electrons. The number of ether oxygens (including phenoxy) is 4. The van der Waals surface area contributed by atoms with Gasteiger partial charge in [-0.05, 0) is 57.1 Å². The number of aliphatic hydroxyl groups is 1. The summed E-state index contributed by atoms with van der Waals surface area (Å²) in [7, 11) is 0. The zero-order valence-electron chi connectivity index (χ0n) is 20.4. The Morgan fingerprint density at radius 1 is 1.06 bits per heavy atom. The first kappa shape index (κ1) is 24.7. The Kier molecular flexibility index (Phi) is 6.27. The second-order valence-corrected chi connectivity index (χ2v) is 10.5. The van der Waals surface area contributed by atoms with E-state index in [-0.39, 0.29) is 18.4 Å². The van der Waals surface area contributed by atoms with E-state index < -0.39 is 52.8 Å². The highest BCUT2D eigenvalue weighted by molar-refractivity contribution is 5.89. The van der Waals surface area contributed by atoms with Crippen molar-refractivity contribution in [3.05, 3.63) is 35.9 Å². The van der Waals surface area contributed by atoms with E-state index in [1.165, 1.54) is 13.8 Å². The SMILES string of the molecule is CC(=O)OC[C@]12[C@H](OC(C)=O)[C@H](O)C[C@H](C)[C@]13C[C@H](C[C@H]2OC(=O)c1ccccc1)C(C)(C)O3. The molecule has 1 saturated heterocycles. The molecule has 3 fully saturated rings. The molecule has 8 heteroatoms. The van der Waals surface area contributed by atoms with Gasteiger partial charge in [0, 0.05) is 13.8 Å². The van der Waals surface area contributed by atoms with Crippen LogP contribution in [0.3, 0.4) is 0 Å². The maximum Gasteiger partial charge on any atom is 0.338 e. The molecule has 0 amide bonds. The van der Waals surface area contributed by atoms with Gasteiger partial charge in [0.15, 0.2) is 0 Å². The average Bonchev–Trinajstić information content (AvgIpc) is 2.99. The Hall–Kier alpha value is -2.45. The van der Waals surface area contributed by atoms with Crippen LogP contribution in [0.4, 0.5) is 0 Å². The van der Waals surface area contributed by atoms with Crippen LogP contribution >= 0.6 is 0 Å². The van der Waals surface area contributed by atoms with Crippen molar-refractivity contribution in [3.63, 3.8) is 0 Å². The largest absolute Gasteiger partial charge is 0.465 e. The summed E-state index contributed by atoms with van der Waals surface area (Å²) < 4.78 is 24.3. The summed E-state index contributed by atoms with van der Waals surface area (Å²) in [5.74, 6) is -1.75. The number of rotatable bonds is 5. The van der Waals surface area contributed by atoms with Gasteiger partial charge in [-0.2, -0.15) is 0 Å². The van der Waals surface area contributed by atoms with E-state index in [0.717, 1.165) is 0 Å². The standard InChI is InChI=1S/C26H34O8/c1-15-11-20(29)22(32-17(3)28)25(14-31-16(2)27)21(33-23(30)18-9-7-6-8-10-18)12-19-13-26(15,25)34-24(19,4)5/h6-10,15,19-22,29H,11-14H2,1-5H3/t15-,19-,20+,21+,22+,25-,26+/m0/s1. The van der Waals surface area contributed by atoms with Crippen molar-refractivity contribution in [2.45, 2.75) is 83.4 Å². The minimum absolute atomic E-state index is 0.0576. The van der Waals surface area contributed by atoms with Crippen molar-refractivity contribution < 1.29 is 38.4 Å². The summed E-state index contributed by atoms with van der Waals surface area (Å²) >= 11 is 0. The molecular formula is C26H34O8. The van der Waals surface area contributed by atoms with Gasteiger partial charge in [-0.15, -0.1) is 0 Å². The van der Waals surface area contributed by atoms with Crippen LogP contribution in [0.1, 0.15) is 64.2 Å². The van der Waals surface area contributed by atoms with Crippen molar-refractivity contribution >= 4 is 17.9 Å². The van der Waals surface area contributed by atoms with Gasteiger partial charge in [-0.1, -0.05) is 25.1 Å². The molecule has 1 heterocycles. The lowest BCUT2D eigenvalue weighted by Crippen LogP contribution is -2.74. The van der Waals surface area contributed by atoms with Crippen LogP contribution in [0.15, 0.2) is 30.3 Å². The fraction of sp³-hybridized carbons (Fsp3) is 0.654. The summed E-state index contributed by atoms with van der Waals surface area (Å²) in [5.41, 5.74) is -2.38. The molecular weight excluding hydrogens is 440 g/mol. The maximum absolute atomic E-state index is 13.2. The minimum Gasteiger partial charge on any atom is -0.465 e. The topological polar surface area (TPSA) is 108 Å². The third-order valence-electron chi connectivity index (χ3n) is 8.15. The molecule has 4 rings (SSSR count). The number of fused-ring (bicyclic) bond motifs is 1. The second-order valence-electron chi connectivity index (χ2n) is 10.5. The normalized spacial score (nSPS) is 37.9. The Bertz CT molecular complexity index is 959. The maximum atomic E-state index is 13.2. The smallest absolute Gasteiger partial charge is 0.338 e. The predicted molar refractivity (Wildman–Crippen MR) is 121 cm³/mol. The third-order valence-corrected chi connectivity index (χ3v) is 8.15. The number of hydrogen-bond donors (Lipinski definition) is 1. The molecule has 1 N–H and O–H groups in total. The summed E-state index contributed by atoms with van der Waals surface area (Å²) in [6.07, 6.45) is -1.56. The quantitative estimate of drug-likeness (QED) is 0.512. The molecule has 2 aliphatic carbocycles. The highest BCUT2D eigenvalue weighted by Crippen LogP contribution is 2.67. The molecule has 0 unspecified atom stereocenters. The molecule has 2 bridgehead atoms. The van der Waals surface area contributed by atoms with Gasteiger partial charge >= 0.3 is 17.9 Å². The second kappa shape index (κ2) is 8.64. The lowest BCUT2D eigenvalue weighted by atomic mass is 9.49. The van der Waals surface area contributed by atoms with Gasteiger partial charge in [-0.3, -0.25) is 9.59 Å². The molecule has 1 aliphatic heterocycles. The van der Waals surface area contributed by atoms with Gasteiger partial charge in [-0.25, -0.2) is 4.79 Å². The number of benzene rings is 1. The molecule has 7 atom stereocenters. The molecule has 0 radical (unpaired) electrons. The lowest BCUT2D eigenvalue weighted by Gasteiger charge is -2.61. The van der Waals surface area contributed by atoms with Crippen molar-refractivity contribution in [2.75, 3.05) is 6.61 Å². The van der Waals surface area contributed by atoms with Crippen molar-refractivity contribution in [1.29, 1.82) is 0 Å². The van der Waals surface area contributed by atoms with E-state index in [0.29, 0.717) is 24.8 Å². The van der Waals surface area contributed by atoms with E-state index in [2.05, 4.69) is 0 Å². The monoisotopic (exact) mass is 474 g/mol. The molecule has 0 aromatic heterocycles. The molecule has 1 aromatic rings. The van der Waals surface area contributed by atoms with E-state index in [9.17, 15) is 19.5 Å². The fourth-order valence-electron chi connectivity index (χ4n) is 6.61. The third kappa shape index (κ3) is 3.81. The summed E-state index contributed by atoms with van der Waals surface area (Å²) in [6, 6.07) is 8.63. The van der Waals surface area contributed by atoms with Gasteiger partial charge in [0.05, 0.1) is 22.9 Å². The molecule has 3 aliphatic rings. The first-order chi connectivity index (χ1) is 15.9. The highest BCUT2D eigenvalue weighted by Gasteiger charge is 2.77. The van der Waals surface area contributed by atoms with Gasteiger partial charge in [0.25, 0.3) is 0 Å². The molecule has 1 spiro atoms. The summed E-state index contributed by atoms with van der Waals surface area (Å²) in [6.45, 7) is 8.34. The zero-order valence-corrected chi connectivity index (χ0v) is 20.4. The molecule has 34 heavy (non-hydrogen) atoms. The minimum atomic E-state index is -1.28. The van der Waals surface area contributed by atoms with Crippen LogP contribution in [0.2, 0.25) is 0 Å². The van der Waals surface area contributed by atoms with Crippen LogP contribution in [-0.4, -0.2) is 59.1 Å². The number of hydrogen-bond acceptors (Lipinski definition) is 8. The van der Waals surface area contributed by atoms with Crippen molar-refractivity contribution in [1.82, 2.24) is 0 Å². The van der Waals surface area contributed by atoms with E-state index in [1.807, 2.05) is 20.8 Å². The van der Waals surface area contributed by atoms with Crippen LogP contribution in [0, 0.1) is 17.3 Å². The number of carbonyl (C=O) groups excluding carboxylic acids is 3. The number of esters is 3. The number of carbonyl (C=O) groups is 3. The fourth-order valence-corrected chi connectivity index (χ4v) is 6.61. The van der Waals surface area contributed by atoms with Crippen LogP contribution in [0.25, 0.3) is 0 Å². The Morgan fingerprint density at radius 3 is 2.35 bits per heavy atom. The Labute approximate surface area is 199 Å². The summed E-state index contributed by atoms with van der Waals surface area (Å²) in [5, 5.41) is 11.2. The van der Waals surface area contributed by atoms with Crippen LogP contribution in [-0.2, 0) is 28.5 Å².